The molecule has 2 aliphatic heterocycles. The summed E-state index contributed by atoms with van der Waals surface area (Å²) in [6.45, 7) is 6.73. The van der Waals surface area contributed by atoms with E-state index in [1.54, 1.807) is 18.2 Å². The number of hydrogen-bond donors (Lipinski definition) is 6. The maximum absolute atomic E-state index is 13.4. The van der Waals surface area contributed by atoms with Gasteiger partial charge in [-0.3, -0.25) is 4.79 Å². The van der Waals surface area contributed by atoms with Crippen molar-refractivity contribution < 1.29 is 39.5 Å². The number of carboxylic acid groups (broad SMARTS) is 1. The first-order chi connectivity index (χ1) is 19.4. The summed E-state index contributed by atoms with van der Waals surface area (Å²) in [6, 6.07) is 6.71. The number of aliphatic hydroxyl groups is 3. The quantitative estimate of drug-likeness (QED) is 0.234. The molecular formula is C27H34BrClN4O8. The molecule has 2 fully saturated rings. The molecule has 1 amide bonds. The number of aromatic nitrogens is 1. The predicted molar refractivity (Wildman–Crippen MR) is 154 cm³/mol. The minimum atomic E-state index is -1.87. The van der Waals surface area contributed by atoms with Crippen molar-refractivity contribution in [3.63, 3.8) is 0 Å². The van der Waals surface area contributed by atoms with Gasteiger partial charge in [-0.15, -0.1) is 0 Å². The summed E-state index contributed by atoms with van der Waals surface area (Å²) < 4.78 is 11.7. The lowest BCUT2D eigenvalue weighted by molar-refractivity contribution is -0.271. The van der Waals surface area contributed by atoms with Crippen LogP contribution in [0, 0.1) is 5.92 Å². The molecule has 0 bridgehead atoms. The molecule has 224 valence electrons. The summed E-state index contributed by atoms with van der Waals surface area (Å²) in [5.74, 6) is -1.42. The summed E-state index contributed by atoms with van der Waals surface area (Å²) in [5, 5.41) is 46.7. The number of aliphatic carboxylic acids is 1. The Morgan fingerprint density at radius 2 is 1.88 bits per heavy atom. The van der Waals surface area contributed by atoms with Gasteiger partial charge in [0.05, 0.1) is 16.3 Å². The molecule has 0 unspecified atom stereocenters. The number of carbonyl (C=O) groups is 2. The first-order valence-electron chi connectivity index (χ1n) is 13.3. The molecule has 41 heavy (non-hydrogen) atoms. The van der Waals surface area contributed by atoms with Crippen molar-refractivity contribution in [3.8, 4) is 5.75 Å². The number of anilines is 2. The molecule has 2 aromatic rings. The largest absolute Gasteiger partial charge is 0.479 e. The Hall–Kier alpha value is -2.52. The fourth-order valence-corrected chi connectivity index (χ4v) is 5.41. The second-order valence-corrected chi connectivity index (χ2v) is 11.8. The third-order valence-electron chi connectivity index (χ3n) is 7.28. The Morgan fingerprint density at radius 1 is 1.17 bits per heavy atom. The van der Waals surface area contributed by atoms with Crippen LogP contribution in [-0.4, -0.2) is 98.6 Å². The van der Waals surface area contributed by atoms with Gasteiger partial charge in [-0.05, 0) is 70.0 Å². The van der Waals surface area contributed by atoms with E-state index >= 15 is 0 Å². The fraction of sp³-hybridized carbons (Fsp3) is 0.519. The number of carbonyl (C=O) groups excluding carboxylic acids is 1. The Balaban J connectivity index is 1.63. The summed E-state index contributed by atoms with van der Waals surface area (Å²) in [7, 11) is 0. The molecule has 1 aromatic carbocycles. The van der Waals surface area contributed by atoms with Crippen LogP contribution in [0.3, 0.4) is 0 Å². The highest BCUT2D eigenvalue weighted by molar-refractivity contribution is 9.10. The van der Waals surface area contributed by atoms with Crippen LogP contribution in [-0.2, 0) is 9.53 Å². The Labute approximate surface area is 250 Å². The van der Waals surface area contributed by atoms with Crippen LogP contribution in [0.2, 0.25) is 5.02 Å². The van der Waals surface area contributed by atoms with Gasteiger partial charge in [0.2, 0.25) is 6.29 Å². The molecule has 2 aliphatic rings. The number of likely N-dealkylation sites (tertiary alicyclic amines) is 1. The number of carboxylic acids is 1. The highest BCUT2D eigenvalue weighted by Crippen LogP contribution is 2.36. The SMILES string of the molecule is CC(C)N1CCC(CNc2c(O[C@@H]3O[C@H](C(=O)O)[C@@H](O)[C@H](O)[C@H]3O)cc(Br)cc2C(=O)Nc2ccc(Cl)cn2)CC1. The van der Waals surface area contributed by atoms with Crippen LogP contribution < -0.4 is 15.4 Å². The van der Waals surface area contributed by atoms with Gasteiger partial charge in [-0.2, -0.15) is 0 Å². The van der Waals surface area contributed by atoms with Crippen molar-refractivity contribution in [2.75, 3.05) is 30.3 Å². The van der Waals surface area contributed by atoms with Gasteiger partial charge in [0.15, 0.2) is 6.10 Å². The van der Waals surface area contributed by atoms with Gasteiger partial charge in [0.25, 0.3) is 5.91 Å². The molecule has 12 nitrogen and oxygen atoms in total. The number of amides is 1. The number of rotatable bonds is 9. The van der Waals surface area contributed by atoms with Crippen molar-refractivity contribution in [1.29, 1.82) is 0 Å². The van der Waals surface area contributed by atoms with Gasteiger partial charge in [-0.1, -0.05) is 27.5 Å². The van der Waals surface area contributed by atoms with Crippen LogP contribution in [0.4, 0.5) is 11.5 Å². The zero-order valence-electron chi connectivity index (χ0n) is 22.5. The second-order valence-electron chi connectivity index (χ2n) is 10.4. The maximum Gasteiger partial charge on any atom is 0.335 e. The summed E-state index contributed by atoms with van der Waals surface area (Å²) in [4.78, 5) is 31.6. The van der Waals surface area contributed by atoms with Crippen molar-refractivity contribution in [2.24, 2.45) is 5.92 Å². The van der Waals surface area contributed by atoms with Crippen LogP contribution in [0.1, 0.15) is 37.0 Å². The highest BCUT2D eigenvalue weighted by atomic mass is 79.9. The number of benzene rings is 1. The topological polar surface area (TPSA) is 174 Å². The van der Waals surface area contributed by atoms with E-state index in [1.165, 1.54) is 12.3 Å². The molecule has 0 aliphatic carbocycles. The van der Waals surface area contributed by atoms with Gasteiger partial charge in [0, 0.05) is 23.3 Å². The lowest BCUT2D eigenvalue weighted by atomic mass is 9.95. The number of halogens is 2. The van der Waals surface area contributed by atoms with E-state index in [0.29, 0.717) is 28.0 Å². The Kier molecular flexibility index (Phi) is 10.4. The summed E-state index contributed by atoms with van der Waals surface area (Å²) in [5.41, 5.74) is 0.445. The minimum Gasteiger partial charge on any atom is -0.479 e. The summed E-state index contributed by atoms with van der Waals surface area (Å²) in [6.07, 6.45) is -5.69. The van der Waals surface area contributed by atoms with Crippen LogP contribution in [0.25, 0.3) is 0 Å². The lowest BCUT2D eigenvalue weighted by Crippen LogP contribution is -2.61. The number of piperidine rings is 1. The van der Waals surface area contributed by atoms with E-state index in [9.17, 15) is 30.0 Å². The lowest BCUT2D eigenvalue weighted by Gasteiger charge is -2.39. The van der Waals surface area contributed by atoms with E-state index in [2.05, 4.69) is 50.3 Å². The van der Waals surface area contributed by atoms with Crippen molar-refractivity contribution >= 4 is 50.9 Å². The molecule has 0 spiro atoms. The average Bonchev–Trinajstić information content (AvgIpc) is 2.93. The van der Waals surface area contributed by atoms with Crippen molar-refractivity contribution in [2.45, 2.75) is 63.4 Å². The molecule has 1 aromatic heterocycles. The van der Waals surface area contributed by atoms with Crippen LogP contribution >= 0.6 is 27.5 Å². The zero-order chi connectivity index (χ0) is 29.8. The zero-order valence-corrected chi connectivity index (χ0v) is 24.9. The van der Waals surface area contributed by atoms with Crippen molar-refractivity contribution in [3.05, 3.63) is 45.5 Å². The predicted octanol–water partition coefficient (Wildman–Crippen LogP) is 2.55. The molecule has 14 heteroatoms. The monoisotopic (exact) mass is 656 g/mol. The number of nitrogens with zero attached hydrogens (tertiary/aromatic N) is 2. The maximum atomic E-state index is 13.4. The van der Waals surface area contributed by atoms with E-state index in [-0.39, 0.29) is 22.8 Å². The van der Waals surface area contributed by atoms with E-state index in [1.807, 2.05) is 0 Å². The van der Waals surface area contributed by atoms with Gasteiger partial charge >= 0.3 is 5.97 Å². The Morgan fingerprint density at radius 3 is 2.49 bits per heavy atom. The standard InChI is InChI=1S/C27H34BrClN4O8/c1-13(2)33-7-5-14(6-8-33)11-31-20-17(25(37)32-19-4-3-16(29)12-30-19)9-15(28)10-18(20)40-27-23(36)21(34)22(35)24(41-27)26(38)39/h3-4,9-10,12-14,21-24,27,31,34-36H,5-8,11H2,1-2H3,(H,38,39)(H,30,32,37)/t21-,22-,23+,24-,27+/m0/s1. The highest BCUT2D eigenvalue weighted by Gasteiger charge is 2.48. The number of ether oxygens (including phenoxy) is 2. The molecule has 5 atom stereocenters. The minimum absolute atomic E-state index is 0.0602. The first-order valence-corrected chi connectivity index (χ1v) is 14.4. The summed E-state index contributed by atoms with van der Waals surface area (Å²) >= 11 is 9.29. The molecule has 3 heterocycles. The molecule has 0 saturated carbocycles. The van der Waals surface area contributed by atoms with Crippen LogP contribution in [0.15, 0.2) is 34.9 Å². The fourth-order valence-electron chi connectivity index (χ4n) is 4.86. The molecule has 4 rings (SSSR count). The second kappa shape index (κ2) is 13.6. The third-order valence-corrected chi connectivity index (χ3v) is 7.97. The van der Waals surface area contributed by atoms with E-state index in [4.69, 9.17) is 21.1 Å². The third kappa shape index (κ3) is 7.66. The molecule has 6 N–H and O–H groups in total. The van der Waals surface area contributed by atoms with Gasteiger partial charge in [-0.25, -0.2) is 9.78 Å². The first kappa shape index (κ1) is 31.4. The Bertz CT molecular complexity index is 1230. The number of aliphatic hydroxyl groups excluding tert-OH is 3. The molecule has 2 saturated heterocycles. The van der Waals surface area contributed by atoms with Gasteiger partial charge < -0.3 is 45.4 Å². The van der Waals surface area contributed by atoms with Crippen molar-refractivity contribution in [1.82, 2.24) is 9.88 Å². The number of hydrogen-bond acceptors (Lipinski definition) is 10. The van der Waals surface area contributed by atoms with E-state index in [0.717, 1.165) is 25.9 Å². The van der Waals surface area contributed by atoms with Gasteiger partial charge in [0.1, 0.15) is 29.9 Å². The number of nitrogens with one attached hydrogen (secondary N) is 2. The number of pyridine rings is 1. The average molecular weight is 658 g/mol. The molecule has 0 radical (unpaired) electrons. The molecular weight excluding hydrogens is 624 g/mol. The van der Waals surface area contributed by atoms with E-state index < -0.39 is 42.6 Å². The normalized spacial score (nSPS) is 25.6. The smallest absolute Gasteiger partial charge is 0.335 e. The van der Waals surface area contributed by atoms with Crippen LogP contribution in [0.5, 0.6) is 5.75 Å².